The van der Waals surface area contributed by atoms with Gasteiger partial charge in [-0.25, -0.2) is 4.79 Å². The molecule has 0 spiro atoms. The van der Waals surface area contributed by atoms with E-state index >= 15 is 0 Å². The molecule has 1 aromatic rings. The van der Waals surface area contributed by atoms with Crippen molar-refractivity contribution in [2.24, 2.45) is 0 Å². The summed E-state index contributed by atoms with van der Waals surface area (Å²) in [6.07, 6.45) is 0.401. The third kappa shape index (κ3) is 1.97. The zero-order chi connectivity index (χ0) is 9.84. The quantitative estimate of drug-likeness (QED) is 0.727. The lowest BCUT2D eigenvalue weighted by molar-refractivity contribution is -0.105. The van der Waals surface area contributed by atoms with Gasteiger partial charge in [-0.05, 0) is 12.1 Å². The van der Waals surface area contributed by atoms with Gasteiger partial charge >= 0.3 is 5.97 Å². The van der Waals surface area contributed by atoms with Gasteiger partial charge in [-0.15, -0.1) is 0 Å². The van der Waals surface area contributed by atoms with Crippen molar-refractivity contribution in [3.8, 4) is 0 Å². The summed E-state index contributed by atoms with van der Waals surface area (Å²) >= 11 is 5.62. The average molecular weight is 200 g/mol. The lowest BCUT2D eigenvalue weighted by Gasteiger charge is -2.04. The number of anilines is 1. The minimum atomic E-state index is -1.17. The molecule has 0 unspecified atom stereocenters. The third-order valence-electron chi connectivity index (χ3n) is 1.44. The maximum absolute atomic E-state index is 10.7. The molecule has 0 atom stereocenters. The van der Waals surface area contributed by atoms with Crippen LogP contribution in [0.4, 0.5) is 5.69 Å². The van der Waals surface area contributed by atoms with Crippen molar-refractivity contribution in [3.05, 3.63) is 28.8 Å². The summed E-state index contributed by atoms with van der Waals surface area (Å²) < 4.78 is 0. The highest BCUT2D eigenvalue weighted by molar-refractivity contribution is 6.34. The second-order valence-electron chi connectivity index (χ2n) is 2.23. The van der Waals surface area contributed by atoms with Crippen LogP contribution in [0.2, 0.25) is 5.02 Å². The molecule has 0 bridgehead atoms. The summed E-state index contributed by atoms with van der Waals surface area (Å²) in [6, 6.07) is 4.46. The molecule has 1 rings (SSSR count). The van der Waals surface area contributed by atoms with Crippen molar-refractivity contribution in [3.63, 3.8) is 0 Å². The first-order chi connectivity index (χ1) is 6.16. The Balaban J connectivity index is 3.25. The molecule has 0 saturated carbocycles. The molecule has 0 aliphatic heterocycles. The summed E-state index contributed by atoms with van der Waals surface area (Å²) in [7, 11) is 0. The van der Waals surface area contributed by atoms with Crippen LogP contribution < -0.4 is 5.32 Å². The fourth-order valence-corrected chi connectivity index (χ4v) is 1.18. The first-order valence-electron chi connectivity index (χ1n) is 3.39. The van der Waals surface area contributed by atoms with Crippen LogP contribution in [0.3, 0.4) is 0 Å². The number of benzene rings is 1. The molecule has 0 fully saturated rings. The fraction of sp³-hybridized carbons (Fsp3) is 0. The highest BCUT2D eigenvalue weighted by Gasteiger charge is 2.13. The molecular weight excluding hydrogens is 194 g/mol. The molecule has 5 heteroatoms. The van der Waals surface area contributed by atoms with E-state index in [0.29, 0.717) is 6.41 Å². The highest BCUT2D eigenvalue weighted by atomic mass is 35.5. The van der Waals surface area contributed by atoms with Gasteiger partial charge in [-0.3, -0.25) is 4.79 Å². The number of rotatable bonds is 3. The summed E-state index contributed by atoms with van der Waals surface area (Å²) in [5, 5.41) is 11.1. The maximum Gasteiger partial charge on any atom is 0.339 e. The molecule has 68 valence electrons. The van der Waals surface area contributed by atoms with Gasteiger partial charge in [0.05, 0.1) is 10.7 Å². The van der Waals surface area contributed by atoms with E-state index in [4.69, 9.17) is 16.7 Å². The molecule has 4 nitrogen and oxygen atoms in total. The monoisotopic (exact) mass is 199 g/mol. The number of hydrogen-bond acceptors (Lipinski definition) is 2. The van der Waals surface area contributed by atoms with Gasteiger partial charge in [0.2, 0.25) is 6.41 Å². The second kappa shape index (κ2) is 3.91. The number of carboxylic acid groups (broad SMARTS) is 1. The molecule has 0 aromatic heterocycles. The fourth-order valence-electron chi connectivity index (χ4n) is 0.925. The number of carbonyl (C=O) groups excluding carboxylic acids is 1. The van der Waals surface area contributed by atoms with Crippen molar-refractivity contribution < 1.29 is 14.7 Å². The van der Waals surface area contributed by atoms with Gasteiger partial charge in [0.1, 0.15) is 5.56 Å². The zero-order valence-electron chi connectivity index (χ0n) is 6.45. The Bertz CT molecular complexity index is 351. The Morgan fingerprint density at radius 3 is 2.77 bits per heavy atom. The molecule has 1 amide bonds. The Hall–Kier alpha value is -1.55. The van der Waals surface area contributed by atoms with Crippen LogP contribution >= 0.6 is 11.6 Å². The second-order valence-corrected chi connectivity index (χ2v) is 2.64. The van der Waals surface area contributed by atoms with Crippen LogP contribution in [0.5, 0.6) is 0 Å². The van der Waals surface area contributed by atoms with Crippen molar-refractivity contribution in [2.75, 3.05) is 5.32 Å². The summed E-state index contributed by atoms with van der Waals surface area (Å²) in [5.41, 5.74) is 0.0891. The van der Waals surface area contributed by atoms with Gasteiger partial charge in [0, 0.05) is 0 Å². The Morgan fingerprint density at radius 2 is 2.23 bits per heavy atom. The van der Waals surface area contributed by atoms with E-state index in [-0.39, 0.29) is 16.3 Å². The number of halogens is 1. The highest BCUT2D eigenvalue weighted by Crippen LogP contribution is 2.23. The normalized spacial score (nSPS) is 9.31. The molecule has 0 aliphatic rings. The van der Waals surface area contributed by atoms with Crippen LogP contribution in [-0.4, -0.2) is 17.5 Å². The van der Waals surface area contributed by atoms with E-state index < -0.39 is 5.97 Å². The molecule has 0 aliphatic carbocycles. The predicted molar refractivity (Wildman–Crippen MR) is 48.1 cm³/mol. The average Bonchev–Trinajstić information content (AvgIpc) is 2.04. The number of nitrogens with one attached hydrogen (secondary N) is 1. The van der Waals surface area contributed by atoms with Crippen LogP contribution in [0.25, 0.3) is 0 Å². The van der Waals surface area contributed by atoms with Gasteiger partial charge in [0.25, 0.3) is 0 Å². The lowest BCUT2D eigenvalue weighted by atomic mass is 10.2. The van der Waals surface area contributed by atoms with Crippen LogP contribution in [0, 0.1) is 0 Å². The first-order valence-corrected chi connectivity index (χ1v) is 3.76. The topological polar surface area (TPSA) is 66.4 Å². The number of amides is 1. The lowest BCUT2D eigenvalue weighted by Crippen LogP contribution is -2.05. The summed E-state index contributed by atoms with van der Waals surface area (Å²) in [6.45, 7) is 0. The van der Waals surface area contributed by atoms with E-state index in [9.17, 15) is 9.59 Å². The van der Waals surface area contributed by atoms with Gasteiger partial charge < -0.3 is 10.4 Å². The Kier molecular flexibility index (Phi) is 2.87. The maximum atomic E-state index is 10.7. The molecule has 13 heavy (non-hydrogen) atoms. The summed E-state index contributed by atoms with van der Waals surface area (Å²) in [5.74, 6) is -1.17. The molecule has 0 heterocycles. The predicted octanol–water partition coefficient (Wildman–Crippen LogP) is 1.61. The SMILES string of the molecule is O=CNc1cccc(Cl)c1C(=O)O. The molecular formula is C8H6ClNO3. The van der Waals surface area contributed by atoms with Gasteiger partial charge in [-0.1, -0.05) is 17.7 Å². The molecule has 0 radical (unpaired) electrons. The number of aromatic carboxylic acids is 1. The first kappa shape index (κ1) is 9.54. The third-order valence-corrected chi connectivity index (χ3v) is 1.76. The van der Waals surface area contributed by atoms with Crippen molar-refractivity contribution in [1.29, 1.82) is 0 Å². The standard InChI is InChI=1S/C8H6ClNO3/c9-5-2-1-3-6(10-4-11)7(5)8(12)13/h1-4H,(H,10,11)(H,12,13). The summed E-state index contributed by atoms with van der Waals surface area (Å²) in [4.78, 5) is 20.8. The van der Waals surface area contributed by atoms with Crippen LogP contribution in [0.1, 0.15) is 10.4 Å². The van der Waals surface area contributed by atoms with E-state index in [2.05, 4.69) is 5.32 Å². The molecule has 1 aromatic carbocycles. The Morgan fingerprint density at radius 1 is 1.54 bits per heavy atom. The van der Waals surface area contributed by atoms with Gasteiger partial charge in [-0.2, -0.15) is 0 Å². The van der Waals surface area contributed by atoms with Gasteiger partial charge in [0.15, 0.2) is 0 Å². The van der Waals surface area contributed by atoms with Crippen molar-refractivity contribution in [1.82, 2.24) is 0 Å². The molecule has 2 N–H and O–H groups in total. The minimum absolute atomic E-state index is 0.0966. The number of carboxylic acids is 1. The smallest absolute Gasteiger partial charge is 0.339 e. The van der Waals surface area contributed by atoms with E-state index in [1.807, 2.05) is 0 Å². The van der Waals surface area contributed by atoms with Crippen molar-refractivity contribution in [2.45, 2.75) is 0 Å². The Labute approximate surface area is 79.1 Å². The van der Waals surface area contributed by atoms with Crippen LogP contribution in [0.15, 0.2) is 18.2 Å². The molecule has 0 saturated heterocycles. The van der Waals surface area contributed by atoms with Crippen molar-refractivity contribution >= 4 is 29.7 Å². The van der Waals surface area contributed by atoms with E-state index in [1.54, 1.807) is 6.07 Å². The zero-order valence-corrected chi connectivity index (χ0v) is 7.21. The van der Waals surface area contributed by atoms with Crippen LogP contribution in [-0.2, 0) is 4.79 Å². The van der Waals surface area contributed by atoms with E-state index in [0.717, 1.165) is 0 Å². The number of carbonyl (C=O) groups is 2. The largest absolute Gasteiger partial charge is 0.478 e. The van der Waals surface area contributed by atoms with E-state index in [1.165, 1.54) is 12.1 Å². The number of hydrogen-bond donors (Lipinski definition) is 2. The minimum Gasteiger partial charge on any atom is -0.478 e.